The lowest BCUT2D eigenvalue weighted by Crippen LogP contribution is -2.24. The minimum atomic E-state index is -1.55. The van der Waals surface area contributed by atoms with Crippen LogP contribution in [0.3, 0.4) is 0 Å². The molecule has 6 heteroatoms. The SMILES string of the molecule is CCNC(c1cncc(F)c1)c1ccc(F)c(F)c1F. The smallest absolute Gasteiger partial charge is 0.194 e. The van der Waals surface area contributed by atoms with E-state index in [1.807, 2.05) is 0 Å². The average molecular weight is 284 g/mol. The van der Waals surface area contributed by atoms with Crippen LogP contribution in [0, 0.1) is 23.3 Å². The molecule has 0 amide bonds. The maximum Gasteiger partial charge on any atom is 0.194 e. The van der Waals surface area contributed by atoms with Crippen LogP contribution in [-0.2, 0) is 0 Å². The van der Waals surface area contributed by atoms with Crippen molar-refractivity contribution in [3.8, 4) is 0 Å². The van der Waals surface area contributed by atoms with Gasteiger partial charge in [-0.2, -0.15) is 0 Å². The van der Waals surface area contributed by atoms with Crippen LogP contribution in [0.5, 0.6) is 0 Å². The first-order valence-corrected chi connectivity index (χ1v) is 6.01. The standard InChI is InChI=1S/C14H12F4N2/c1-2-20-14(8-5-9(15)7-19-6-8)10-3-4-11(16)13(18)12(10)17/h3-7,14,20H,2H2,1H3. The van der Waals surface area contributed by atoms with Crippen molar-refractivity contribution in [1.82, 2.24) is 10.3 Å². The van der Waals surface area contributed by atoms with E-state index in [0.29, 0.717) is 12.1 Å². The van der Waals surface area contributed by atoms with Crippen molar-refractivity contribution >= 4 is 0 Å². The Morgan fingerprint density at radius 2 is 1.85 bits per heavy atom. The molecule has 1 heterocycles. The number of hydrogen-bond donors (Lipinski definition) is 1. The molecule has 2 aromatic rings. The highest BCUT2D eigenvalue weighted by Gasteiger charge is 2.22. The van der Waals surface area contributed by atoms with Gasteiger partial charge in [0.1, 0.15) is 5.82 Å². The maximum atomic E-state index is 13.9. The molecular weight excluding hydrogens is 272 g/mol. The van der Waals surface area contributed by atoms with Gasteiger partial charge in [-0.3, -0.25) is 4.98 Å². The summed E-state index contributed by atoms with van der Waals surface area (Å²) < 4.78 is 53.3. The molecular formula is C14H12F4N2. The predicted molar refractivity (Wildman–Crippen MR) is 66.0 cm³/mol. The lowest BCUT2D eigenvalue weighted by Gasteiger charge is -2.19. The molecule has 1 aromatic carbocycles. The Bertz CT molecular complexity index is 616. The Morgan fingerprint density at radius 3 is 2.50 bits per heavy atom. The van der Waals surface area contributed by atoms with Gasteiger partial charge < -0.3 is 5.32 Å². The first-order chi connectivity index (χ1) is 9.54. The van der Waals surface area contributed by atoms with Crippen LogP contribution in [0.1, 0.15) is 24.1 Å². The molecule has 0 saturated heterocycles. The van der Waals surface area contributed by atoms with Gasteiger partial charge in [0.15, 0.2) is 17.5 Å². The van der Waals surface area contributed by atoms with Crippen LogP contribution < -0.4 is 5.32 Å². The van der Waals surface area contributed by atoms with Gasteiger partial charge in [-0.15, -0.1) is 0 Å². The molecule has 20 heavy (non-hydrogen) atoms. The van der Waals surface area contributed by atoms with Crippen LogP contribution in [0.25, 0.3) is 0 Å². The summed E-state index contributed by atoms with van der Waals surface area (Å²) in [4.78, 5) is 3.68. The minimum absolute atomic E-state index is 0.0989. The summed E-state index contributed by atoms with van der Waals surface area (Å²) in [6, 6.07) is 2.33. The van der Waals surface area contributed by atoms with Crippen LogP contribution in [0.2, 0.25) is 0 Å². The van der Waals surface area contributed by atoms with Crippen LogP contribution in [-0.4, -0.2) is 11.5 Å². The molecule has 0 fully saturated rings. The summed E-state index contributed by atoms with van der Waals surface area (Å²) in [6.07, 6.45) is 2.35. The highest BCUT2D eigenvalue weighted by Crippen LogP contribution is 2.26. The monoisotopic (exact) mass is 284 g/mol. The predicted octanol–water partition coefficient (Wildman–Crippen LogP) is 3.34. The molecule has 0 bridgehead atoms. The molecule has 1 aromatic heterocycles. The fraction of sp³-hybridized carbons (Fsp3) is 0.214. The molecule has 0 radical (unpaired) electrons. The third-order valence-corrected chi connectivity index (χ3v) is 2.84. The Balaban J connectivity index is 2.51. The number of halogens is 4. The second kappa shape index (κ2) is 6.00. The van der Waals surface area contributed by atoms with Crippen molar-refractivity contribution in [2.45, 2.75) is 13.0 Å². The van der Waals surface area contributed by atoms with E-state index in [1.54, 1.807) is 6.92 Å². The molecule has 1 unspecified atom stereocenters. The van der Waals surface area contributed by atoms with Gasteiger partial charge in [-0.25, -0.2) is 17.6 Å². The fourth-order valence-electron chi connectivity index (χ4n) is 1.96. The summed E-state index contributed by atoms with van der Waals surface area (Å²) in [5.41, 5.74) is 0.231. The van der Waals surface area contributed by atoms with E-state index in [0.717, 1.165) is 18.3 Å². The van der Waals surface area contributed by atoms with Crippen LogP contribution in [0.15, 0.2) is 30.6 Å². The summed E-state index contributed by atoms with van der Waals surface area (Å²) in [6.45, 7) is 2.19. The van der Waals surface area contributed by atoms with Gasteiger partial charge in [0, 0.05) is 11.8 Å². The Hall–Kier alpha value is -1.95. The van der Waals surface area contributed by atoms with E-state index in [9.17, 15) is 17.6 Å². The Kier molecular flexibility index (Phi) is 4.34. The van der Waals surface area contributed by atoms with Gasteiger partial charge in [-0.05, 0) is 24.2 Å². The molecule has 0 aliphatic rings. The molecule has 0 saturated carbocycles. The summed E-state index contributed by atoms with van der Waals surface area (Å²) in [7, 11) is 0. The highest BCUT2D eigenvalue weighted by molar-refractivity contribution is 5.32. The van der Waals surface area contributed by atoms with Crippen LogP contribution >= 0.6 is 0 Å². The van der Waals surface area contributed by atoms with Crippen LogP contribution in [0.4, 0.5) is 17.6 Å². The first-order valence-electron chi connectivity index (χ1n) is 6.01. The first kappa shape index (κ1) is 14.5. The van der Waals surface area contributed by atoms with Crippen molar-refractivity contribution in [2.75, 3.05) is 6.54 Å². The number of rotatable bonds is 4. The third-order valence-electron chi connectivity index (χ3n) is 2.84. The lowest BCUT2D eigenvalue weighted by molar-refractivity contribution is 0.433. The van der Waals surface area contributed by atoms with E-state index in [4.69, 9.17) is 0 Å². The van der Waals surface area contributed by atoms with Gasteiger partial charge >= 0.3 is 0 Å². The van der Waals surface area contributed by atoms with E-state index >= 15 is 0 Å². The molecule has 0 aliphatic carbocycles. The fourth-order valence-corrected chi connectivity index (χ4v) is 1.96. The average Bonchev–Trinajstić information content (AvgIpc) is 2.43. The second-order valence-corrected chi connectivity index (χ2v) is 4.19. The topological polar surface area (TPSA) is 24.9 Å². The van der Waals surface area contributed by atoms with Gasteiger partial charge in [-0.1, -0.05) is 13.0 Å². The number of nitrogens with zero attached hydrogens (tertiary/aromatic N) is 1. The molecule has 2 nitrogen and oxygen atoms in total. The van der Waals surface area contributed by atoms with E-state index < -0.39 is 29.3 Å². The number of hydrogen-bond acceptors (Lipinski definition) is 2. The zero-order valence-electron chi connectivity index (χ0n) is 10.6. The Labute approximate surface area is 113 Å². The number of aromatic nitrogens is 1. The van der Waals surface area contributed by atoms with E-state index in [2.05, 4.69) is 10.3 Å². The van der Waals surface area contributed by atoms with Crippen molar-refractivity contribution in [3.63, 3.8) is 0 Å². The maximum absolute atomic E-state index is 13.9. The summed E-state index contributed by atoms with van der Waals surface area (Å²) in [5.74, 6) is -4.69. The second-order valence-electron chi connectivity index (χ2n) is 4.19. The van der Waals surface area contributed by atoms with Crippen molar-refractivity contribution < 1.29 is 17.6 Å². The van der Waals surface area contributed by atoms with E-state index in [1.165, 1.54) is 12.3 Å². The zero-order chi connectivity index (χ0) is 14.7. The lowest BCUT2D eigenvalue weighted by atomic mass is 9.99. The number of pyridine rings is 1. The molecule has 0 spiro atoms. The number of nitrogens with one attached hydrogen (secondary N) is 1. The van der Waals surface area contributed by atoms with E-state index in [-0.39, 0.29) is 5.56 Å². The quantitative estimate of drug-likeness (QED) is 0.688. The van der Waals surface area contributed by atoms with Crippen molar-refractivity contribution in [3.05, 3.63) is 65.0 Å². The van der Waals surface area contributed by atoms with Gasteiger partial charge in [0.2, 0.25) is 0 Å². The van der Waals surface area contributed by atoms with Crippen molar-refractivity contribution in [2.24, 2.45) is 0 Å². The van der Waals surface area contributed by atoms with Gasteiger partial charge in [0.05, 0.1) is 12.2 Å². The summed E-state index contributed by atoms with van der Waals surface area (Å²) >= 11 is 0. The Morgan fingerprint density at radius 1 is 1.10 bits per heavy atom. The molecule has 106 valence electrons. The molecule has 1 N–H and O–H groups in total. The van der Waals surface area contributed by atoms with Crippen molar-refractivity contribution in [1.29, 1.82) is 0 Å². The molecule has 1 atom stereocenters. The summed E-state index contributed by atoms with van der Waals surface area (Å²) in [5, 5.41) is 2.89. The molecule has 0 aliphatic heterocycles. The molecule has 2 rings (SSSR count). The highest BCUT2D eigenvalue weighted by atomic mass is 19.2. The normalized spacial score (nSPS) is 12.4. The number of benzene rings is 1. The van der Waals surface area contributed by atoms with Gasteiger partial charge in [0.25, 0.3) is 0 Å². The zero-order valence-corrected chi connectivity index (χ0v) is 10.6. The largest absolute Gasteiger partial charge is 0.306 e. The third kappa shape index (κ3) is 2.80. The minimum Gasteiger partial charge on any atom is -0.306 e.